The third kappa shape index (κ3) is 5.21. The molecule has 2 aromatic heterocycles. The number of nitrogens with zero attached hydrogens (tertiary/aromatic N) is 2. The van der Waals surface area contributed by atoms with Crippen molar-refractivity contribution in [2.45, 2.75) is 19.6 Å². The predicted molar refractivity (Wildman–Crippen MR) is 120 cm³/mol. The van der Waals surface area contributed by atoms with Gasteiger partial charge in [0.1, 0.15) is 41.4 Å². The smallest absolute Gasteiger partial charge is 0.157 e. The molecule has 2 aromatic carbocycles. The molecule has 0 bridgehead atoms. The molecular weight excluding hydrogens is 465 g/mol. The van der Waals surface area contributed by atoms with E-state index in [4.69, 9.17) is 14.2 Å². The molecule has 1 atom stereocenters. The van der Waals surface area contributed by atoms with Crippen molar-refractivity contribution in [3.63, 3.8) is 0 Å². The minimum atomic E-state index is -0.308. The van der Waals surface area contributed by atoms with E-state index in [1.54, 1.807) is 37.6 Å². The molecule has 0 amide bonds. The summed E-state index contributed by atoms with van der Waals surface area (Å²) < 4.78 is 31.9. The average molecular weight is 486 g/mol. The number of aromatic amines is 1. The van der Waals surface area contributed by atoms with Crippen LogP contribution in [-0.2, 0) is 11.3 Å². The summed E-state index contributed by atoms with van der Waals surface area (Å²) in [5, 5.41) is 0. The molecule has 2 heterocycles. The van der Waals surface area contributed by atoms with Gasteiger partial charge in [-0.3, -0.25) is 0 Å². The van der Waals surface area contributed by atoms with E-state index in [0.717, 1.165) is 15.6 Å². The first kappa shape index (κ1) is 21.3. The number of fused-ring (bicyclic) bond motifs is 1. The third-order valence-corrected chi connectivity index (χ3v) is 4.98. The Balaban J connectivity index is 1.67. The molecule has 0 radical (unpaired) electrons. The van der Waals surface area contributed by atoms with Crippen LogP contribution in [0.3, 0.4) is 0 Å². The predicted octanol–water partition coefficient (Wildman–Crippen LogP) is 5.52. The Morgan fingerprint density at radius 3 is 2.74 bits per heavy atom. The van der Waals surface area contributed by atoms with Gasteiger partial charge in [0.25, 0.3) is 0 Å². The lowest BCUT2D eigenvalue weighted by atomic mass is 10.2. The van der Waals surface area contributed by atoms with Gasteiger partial charge in [-0.05, 0) is 47.1 Å². The van der Waals surface area contributed by atoms with Gasteiger partial charge in [0, 0.05) is 35.0 Å². The van der Waals surface area contributed by atoms with E-state index in [0.29, 0.717) is 35.1 Å². The first-order chi connectivity index (χ1) is 15.0. The van der Waals surface area contributed by atoms with E-state index >= 15 is 0 Å². The number of ether oxygens (including phenoxy) is 3. The number of pyridine rings is 1. The number of aromatic nitrogens is 3. The molecule has 0 saturated carbocycles. The van der Waals surface area contributed by atoms with Crippen LogP contribution in [0.15, 0.2) is 59.2 Å². The molecule has 0 saturated heterocycles. The van der Waals surface area contributed by atoms with Gasteiger partial charge < -0.3 is 19.2 Å². The van der Waals surface area contributed by atoms with Crippen LogP contribution in [0.25, 0.3) is 22.6 Å². The number of halogens is 2. The van der Waals surface area contributed by atoms with Gasteiger partial charge in [0.2, 0.25) is 0 Å². The van der Waals surface area contributed by atoms with Crippen LogP contribution >= 0.6 is 15.9 Å². The maximum atomic E-state index is 14.0. The molecule has 0 aliphatic heterocycles. The van der Waals surface area contributed by atoms with Crippen LogP contribution in [-0.4, -0.2) is 34.8 Å². The van der Waals surface area contributed by atoms with Crippen LogP contribution in [0.1, 0.15) is 12.5 Å². The summed E-state index contributed by atoms with van der Waals surface area (Å²) in [7, 11) is 1.62. The minimum Gasteiger partial charge on any atom is -0.489 e. The molecule has 6 nitrogen and oxygen atoms in total. The molecule has 0 fully saturated rings. The number of H-pyrrole nitrogens is 1. The number of imidazole rings is 1. The normalized spacial score (nSPS) is 12.1. The van der Waals surface area contributed by atoms with E-state index in [1.807, 2.05) is 25.1 Å². The highest BCUT2D eigenvalue weighted by Crippen LogP contribution is 2.31. The molecule has 0 aliphatic carbocycles. The summed E-state index contributed by atoms with van der Waals surface area (Å²) in [6.07, 6.45) is 1.55. The summed E-state index contributed by atoms with van der Waals surface area (Å²) >= 11 is 3.41. The topological polar surface area (TPSA) is 69.3 Å². The van der Waals surface area contributed by atoms with Crippen LogP contribution in [0, 0.1) is 5.82 Å². The summed E-state index contributed by atoms with van der Waals surface area (Å²) in [5.41, 5.74) is 2.64. The molecular formula is C23H21BrFN3O3. The number of methoxy groups -OCH3 is 1. The second-order valence-electron chi connectivity index (χ2n) is 7.06. The van der Waals surface area contributed by atoms with Gasteiger partial charge in [-0.25, -0.2) is 14.4 Å². The lowest BCUT2D eigenvalue weighted by molar-refractivity contribution is 0.0919. The molecule has 160 valence electrons. The second-order valence-corrected chi connectivity index (χ2v) is 7.98. The van der Waals surface area contributed by atoms with Crippen molar-refractivity contribution in [3.8, 4) is 22.9 Å². The van der Waals surface area contributed by atoms with Crippen LogP contribution in [0.5, 0.6) is 11.5 Å². The first-order valence-electron chi connectivity index (χ1n) is 9.70. The fourth-order valence-electron chi connectivity index (χ4n) is 3.14. The second kappa shape index (κ2) is 9.45. The number of hydrogen-bond acceptors (Lipinski definition) is 5. The largest absolute Gasteiger partial charge is 0.489 e. The van der Waals surface area contributed by atoms with Crippen LogP contribution < -0.4 is 9.47 Å². The quantitative estimate of drug-likeness (QED) is 0.355. The molecule has 0 aliphatic rings. The van der Waals surface area contributed by atoms with Crippen molar-refractivity contribution in [2.75, 3.05) is 13.7 Å². The van der Waals surface area contributed by atoms with E-state index in [-0.39, 0.29) is 18.5 Å². The van der Waals surface area contributed by atoms with Crippen molar-refractivity contribution >= 4 is 27.1 Å². The average Bonchev–Trinajstić information content (AvgIpc) is 3.16. The van der Waals surface area contributed by atoms with Gasteiger partial charge in [0.05, 0.1) is 6.61 Å². The molecule has 1 unspecified atom stereocenters. The lowest BCUT2D eigenvalue weighted by Gasteiger charge is -2.16. The molecule has 4 rings (SSSR count). The Bertz CT molecular complexity index is 1200. The zero-order valence-electron chi connectivity index (χ0n) is 17.1. The Morgan fingerprint density at radius 1 is 1.13 bits per heavy atom. The number of benzene rings is 2. The van der Waals surface area contributed by atoms with Gasteiger partial charge in [0.15, 0.2) is 5.65 Å². The van der Waals surface area contributed by atoms with E-state index in [9.17, 15) is 4.39 Å². The Kier molecular flexibility index (Phi) is 6.48. The zero-order chi connectivity index (χ0) is 21.8. The monoisotopic (exact) mass is 485 g/mol. The zero-order valence-corrected chi connectivity index (χ0v) is 18.6. The molecule has 0 spiro atoms. The van der Waals surface area contributed by atoms with Crippen molar-refractivity contribution < 1.29 is 18.6 Å². The highest BCUT2D eigenvalue weighted by molar-refractivity contribution is 9.10. The summed E-state index contributed by atoms with van der Waals surface area (Å²) in [4.78, 5) is 12.2. The molecule has 1 N–H and O–H groups in total. The number of hydrogen-bond donors (Lipinski definition) is 1. The summed E-state index contributed by atoms with van der Waals surface area (Å²) in [6, 6.07) is 13.9. The fraction of sp³-hybridized carbons (Fsp3) is 0.217. The number of nitrogens with one attached hydrogen (secondary N) is 1. The Hall–Kier alpha value is -2.97. The van der Waals surface area contributed by atoms with E-state index in [1.165, 1.54) is 6.07 Å². The number of rotatable bonds is 8. The standard InChI is InChI=1S/C23H21BrFN3O3/c1-14(12-29-2)31-19-8-16(22-27-21-9-17(24)11-26-23(21)28-22)7-18(10-19)30-13-15-5-3-4-6-20(15)25/h3-11,14H,12-13H2,1-2H3,(H,26,27,28). The van der Waals surface area contributed by atoms with E-state index < -0.39 is 0 Å². The fourth-order valence-corrected chi connectivity index (χ4v) is 3.46. The van der Waals surface area contributed by atoms with Gasteiger partial charge in [-0.15, -0.1) is 0 Å². The van der Waals surface area contributed by atoms with Crippen molar-refractivity contribution in [3.05, 3.63) is 70.6 Å². The molecule has 4 aromatic rings. The van der Waals surface area contributed by atoms with Crippen molar-refractivity contribution in [1.82, 2.24) is 15.0 Å². The minimum absolute atomic E-state index is 0.0951. The Labute approximate surface area is 187 Å². The van der Waals surface area contributed by atoms with Gasteiger partial charge >= 0.3 is 0 Å². The Morgan fingerprint density at radius 2 is 1.94 bits per heavy atom. The van der Waals surface area contributed by atoms with Crippen LogP contribution in [0.4, 0.5) is 4.39 Å². The van der Waals surface area contributed by atoms with Crippen molar-refractivity contribution in [1.29, 1.82) is 0 Å². The van der Waals surface area contributed by atoms with Crippen LogP contribution in [0.2, 0.25) is 0 Å². The molecule has 8 heteroatoms. The highest BCUT2D eigenvalue weighted by atomic mass is 79.9. The maximum absolute atomic E-state index is 14.0. The van der Waals surface area contributed by atoms with E-state index in [2.05, 4.69) is 30.9 Å². The summed E-state index contributed by atoms with van der Waals surface area (Å²) in [5.74, 6) is 1.45. The highest BCUT2D eigenvalue weighted by Gasteiger charge is 2.13. The van der Waals surface area contributed by atoms with Gasteiger partial charge in [-0.1, -0.05) is 18.2 Å². The lowest BCUT2D eigenvalue weighted by Crippen LogP contribution is -2.18. The third-order valence-electron chi connectivity index (χ3n) is 4.55. The van der Waals surface area contributed by atoms with Gasteiger partial charge in [-0.2, -0.15) is 0 Å². The first-order valence-corrected chi connectivity index (χ1v) is 10.5. The maximum Gasteiger partial charge on any atom is 0.157 e. The summed E-state index contributed by atoms with van der Waals surface area (Å²) in [6.45, 7) is 2.45. The SMILES string of the molecule is COCC(C)Oc1cc(OCc2ccccc2F)cc(-c2nc3cc(Br)cnc3[nH]2)c1. The van der Waals surface area contributed by atoms with Crippen molar-refractivity contribution in [2.24, 2.45) is 0 Å². The molecule has 31 heavy (non-hydrogen) atoms.